The molecule has 1 N–H and O–H groups in total. The van der Waals surface area contributed by atoms with Crippen LogP contribution in [0.3, 0.4) is 0 Å². The molecule has 2 nitrogen and oxygen atoms in total. The van der Waals surface area contributed by atoms with E-state index in [9.17, 15) is 8.78 Å². The van der Waals surface area contributed by atoms with Crippen molar-refractivity contribution in [2.45, 2.75) is 6.92 Å². The van der Waals surface area contributed by atoms with Gasteiger partial charge in [-0.2, -0.15) is 0 Å². The van der Waals surface area contributed by atoms with E-state index in [1.165, 1.54) is 4.57 Å². The van der Waals surface area contributed by atoms with E-state index in [1.54, 1.807) is 6.07 Å². The number of para-hydroxylation sites is 1. The Hall–Kier alpha value is -1.72. The number of nitrogens with one attached hydrogen (secondary N) is 1. The van der Waals surface area contributed by atoms with Gasteiger partial charge in [-0.05, 0) is 36.8 Å². The minimum atomic E-state index is -0.756. The summed E-state index contributed by atoms with van der Waals surface area (Å²) in [5.41, 5.74) is 2.53. The van der Waals surface area contributed by atoms with Crippen molar-refractivity contribution in [3.05, 3.63) is 57.3 Å². The minimum Gasteiger partial charge on any atom is -0.330 e. The Kier molecular flexibility index (Phi) is 3.11. The second kappa shape index (κ2) is 4.68. The SMILES string of the molecule is Cc1cccc2c1[nH]c(=S)n2-c1c(F)cc(F)cc1Cl. The van der Waals surface area contributed by atoms with Crippen molar-refractivity contribution in [2.24, 2.45) is 0 Å². The third kappa shape index (κ3) is 1.94. The van der Waals surface area contributed by atoms with Gasteiger partial charge < -0.3 is 4.98 Å². The fourth-order valence-electron chi connectivity index (χ4n) is 2.24. The number of nitrogens with zero attached hydrogens (tertiary/aromatic N) is 1. The molecule has 3 aromatic rings. The Morgan fingerprint density at radius 1 is 1.25 bits per heavy atom. The largest absolute Gasteiger partial charge is 0.330 e. The van der Waals surface area contributed by atoms with Crippen LogP contribution in [0.1, 0.15) is 5.56 Å². The highest BCUT2D eigenvalue weighted by Gasteiger charge is 2.16. The first kappa shape index (κ1) is 13.3. The molecule has 0 atom stereocenters. The number of benzene rings is 2. The van der Waals surface area contributed by atoms with Crippen molar-refractivity contribution >= 4 is 34.9 Å². The first-order valence-corrected chi connectivity index (χ1v) is 6.63. The van der Waals surface area contributed by atoms with Gasteiger partial charge in [-0.3, -0.25) is 4.57 Å². The van der Waals surface area contributed by atoms with E-state index in [4.69, 9.17) is 23.8 Å². The summed E-state index contributed by atoms with van der Waals surface area (Å²) in [6.07, 6.45) is 0. The molecule has 0 aliphatic carbocycles. The van der Waals surface area contributed by atoms with Crippen molar-refractivity contribution in [1.82, 2.24) is 9.55 Å². The number of imidazole rings is 1. The summed E-state index contributed by atoms with van der Waals surface area (Å²) in [6, 6.07) is 7.41. The van der Waals surface area contributed by atoms with Crippen LogP contribution in [0.25, 0.3) is 16.7 Å². The highest BCUT2D eigenvalue weighted by Crippen LogP contribution is 2.29. The molecule has 3 rings (SSSR count). The molecule has 0 saturated heterocycles. The van der Waals surface area contributed by atoms with Gasteiger partial charge in [0.2, 0.25) is 0 Å². The number of H-pyrrole nitrogens is 1. The maximum Gasteiger partial charge on any atom is 0.182 e. The van der Waals surface area contributed by atoms with E-state index in [0.717, 1.165) is 23.2 Å². The van der Waals surface area contributed by atoms with Gasteiger partial charge in [0, 0.05) is 6.07 Å². The lowest BCUT2D eigenvalue weighted by Gasteiger charge is -2.09. The van der Waals surface area contributed by atoms with Gasteiger partial charge >= 0.3 is 0 Å². The number of hydrogen-bond acceptors (Lipinski definition) is 1. The molecule has 2 aromatic carbocycles. The van der Waals surface area contributed by atoms with E-state index < -0.39 is 11.6 Å². The molecule has 0 spiro atoms. The monoisotopic (exact) mass is 310 g/mol. The summed E-state index contributed by atoms with van der Waals surface area (Å²) >= 11 is 11.2. The topological polar surface area (TPSA) is 20.7 Å². The van der Waals surface area contributed by atoms with Gasteiger partial charge in [-0.15, -0.1) is 0 Å². The van der Waals surface area contributed by atoms with Crippen molar-refractivity contribution in [1.29, 1.82) is 0 Å². The van der Waals surface area contributed by atoms with Gasteiger partial charge in [0.05, 0.1) is 16.1 Å². The first-order chi connectivity index (χ1) is 9.49. The Balaban J connectivity index is 2.45. The third-order valence-corrected chi connectivity index (χ3v) is 3.70. The van der Waals surface area contributed by atoms with Gasteiger partial charge in [0.25, 0.3) is 0 Å². The zero-order chi connectivity index (χ0) is 14.4. The number of aromatic amines is 1. The Bertz CT molecular complexity index is 859. The molecule has 6 heteroatoms. The molecule has 0 aliphatic heterocycles. The van der Waals surface area contributed by atoms with Crippen molar-refractivity contribution < 1.29 is 8.78 Å². The van der Waals surface area contributed by atoms with Gasteiger partial charge in [-0.25, -0.2) is 8.78 Å². The van der Waals surface area contributed by atoms with Gasteiger partial charge in [-0.1, -0.05) is 23.7 Å². The van der Waals surface area contributed by atoms with Crippen LogP contribution in [0.15, 0.2) is 30.3 Å². The lowest BCUT2D eigenvalue weighted by Crippen LogP contribution is -2.00. The maximum absolute atomic E-state index is 14.1. The first-order valence-electron chi connectivity index (χ1n) is 5.84. The van der Waals surface area contributed by atoms with Crippen molar-refractivity contribution in [3.8, 4) is 5.69 Å². The van der Waals surface area contributed by atoms with Crippen LogP contribution in [-0.2, 0) is 0 Å². The Labute approximate surface area is 123 Å². The van der Waals surface area contributed by atoms with E-state index in [-0.39, 0.29) is 10.7 Å². The molecule has 102 valence electrons. The standard InChI is InChI=1S/C14H9ClF2N2S/c1-7-3-2-4-11-12(7)18-14(20)19(11)13-9(15)5-8(16)6-10(13)17/h2-6H,1H3,(H,18,20). The Morgan fingerprint density at radius 2 is 2.00 bits per heavy atom. The van der Waals surface area contributed by atoms with Crippen LogP contribution in [0, 0.1) is 23.3 Å². The zero-order valence-corrected chi connectivity index (χ0v) is 11.9. The molecule has 0 fully saturated rings. The quantitative estimate of drug-likeness (QED) is 0.632. The summed E-state index contributed by atoms with van der Waals surface area (Å²) in [4.78, 5) is 3.02. The fourth-order valence-corrected chi connectivity index (χ4v) is 2.81. The van der Waals surface area contributed by atoms with Crippen LogP contribution in [-0.4, -0.2) is 9.55 Å². The normalized spacial score (nSPS) is 11.2. The number of hydrogen-bond donors (Lipinski definition) is 1. The molecule has 0 unspecified atom stereocenters. The van der Waals surface area contributed by atoms with E-state index in [0.29, 0.717) is 10.3 Å². The summed E-state index contributed by atoms with van der Waals surface area (Å²) in [6.45, 7) is 1.92. The fraction of sp³-hybridized carbons (Fsp3) is 0.0714. The molecule has 0 aliphatic rings. The number of rotatable bonds is 1. The van der Waals surface area contributed by atoms with E-state index in [1.807, 2.05) is 19.1 Å². The number of aromatic nitrogens is 2. The summed E-state index contributed by atoms with van der Waals surface area (Å²) in [7, 11) is 0. The molecule has 20 heavy (non-hydrogen) atoms. The van der Waals surface area contributed by atoms with E-state index in [2.05, 4.69) is 4.98 Å². The predicted octanol–water partition coefficient (Wildman–Crippen LogP) is 4.93. The highest BCUT2D eigenvalue weighted by molar-refractivity contribution is 7.71. The van der Waals surface area contributed by atoms with Gasteiger partial charge in [0.15, 0.2) is 10.6 Å². The smallest absolute Gasteiger partial charge is 0.182 e. The maximum atomic E-state index is 14.1. The van der Waals surface area contributed by atoms with Crippen LogP contribution >= 0.6 is 23.8 Å². The second-order valence-electron chi connectivity index (χ2n) is 4.45. The molecule has 1 aromatic heterocycles. The highest BCUT2D eigenvalue weighted by atomic mass is 35.5. The summed E-state index contributed by atoms with van der Waals surface area (Å²) in [5, 5.41) is -0.0268. The molecular formula is C14H9ClF2N2S. The van der Waals surface area contributed by atoms with Crippen LogP contribution < -0.4 is 0 Å². The minimum absolute atomic E-state index is 0.0268. The van der Waals surface area contributed by atoms with Crippen LogP contribution in [0.4, 0.5) is 8.78 Å². The predicted molar refractivity (Wildman–Crippen MR) is 78.1 cm³/mol. The molecule has 1 heterocycles. The molecule has 0 saturated carbocycles. The van der Waals surface area contributed by atoms with Crippen molar-refractivity contribution in [3.63, 3.8) is 0 Å². The second-order valence-corrected chi connectivity index (χ2v) is 5.25. The number of halogens is 3. The summed E-state index contributed by atoms with van der Waals surface area (Å²) < 4.78 is 29.0. The van der Waals surface area contributed by atoms with E-state index >= 15 is 0 Å². The molecular weight excluding hydrogens is 302 g/mol. The number of fused-ring (bicyclic) bond motifs is 1. The summed E-state index contributed by atoms with van der Waals surface area (Å²) in [5.74, 6) is -1.48. The lowest BCUT2D eigenvalue weighted by molar-refractivity contribution is 0.578. The van der Waals surface area contributed by atoms with Crippen LogP contribution in [0.2, 0.25) is 5.02 Å². The average molecular weight is 311 g/mol. The third-order valence-electron chi connectivity index (χ3n) is 3.13. The zero-order valence-electron chi connectivity index (χ0n) is 10.4. The van der Waals surface area contributed by atoms with Gasteiger partial charge in [0.1, 0.15) is 11.5 Å². The molecule has 0 bridgehead atoms. The van der Waals surface area contributed by atoms with Crippen molar-refractivity contribution in [2.75, 3.05) is 0 Å². The number of aryl methyl sites for hydroxylation is 1. The Morgan fingerprint density at radius 3 is 2.70 bits per heavy atom. The van der Waals surface area contributed by atoms with Crippen LogP contribution in [0.5, 0.6) is 0 Å². The molecule has 0 radical (unpaired) electrons. The average Bonchev–Trinajstić information content (AvgIpc) is 2.67. The lowest BCUT2D eigenvalue weighted by atomic mass is 10.2. The molecule has 0 amide bonds.